The van der Waals surface area contributed by atoms with Crippen molar-refractivity contribution < 1.29 is 39.3 Å². The molecule has 106 valence electrons. The molecular formula is C16H14O4Zr. The Morgan fingerprint density at radius 2 is 1.24 bits per heavy atom. The number of carbonyl (C=O) groups excluding carboxylic acids is 2. The van der Waals surface area contributed by atoms with E-state index in [2.05, 4.69) is 0 Å². The van der Waals surface area contributed by atoms with Crippen molar-refractivity contribution in [2.45, 2.75) is 13.8 Å². The number of hydrogen-bond acceptors (Lipinski definition) is 4. The zero-order valence-electron chi connectivity index (χ0n) is 11.8. The van der Waals surface area contributed by atoms with Crippen molar-refractivity contribution in [1.29, 1.82) is 0 Å². The van der Waals surface area contributed by atoms with Crippen LogP contribution in [0.3, 0.4) is 0 Å². The van der Waals surface area contributed by atoms with Crippen LogP contribution in [0.2, 0.25) is 0 Å². The number of benzene rings is 2. The summed E-state index contributed by atoms with van der Waals surface area (Å²) in [4.78, 5) is 22.6. The van der Waals surface area contributed by atoms with Gasteiger partial charge in [-0.15, -0.1) is 0 Å². The Kier molecular flexibility index (Phi) is 5.46. The average molecular weight is 362 g/mol. The molecule has 2 aromatic rings. The van der Waals surface area contributed by atoms with Crippen molar-refractivity contribution >= 4 is 11.6 Å². The molecular weight excluding hydrogens is 347 g/mol. The summed E-state index contributed by atoms with van der Waals surface area (Å²) < 4.78 is 11.2. The Labute approximate surface area is 135 Å². The molecule has 0 aliphatic carbocycles. The van der Waals surface area contributed by atoms with Crippen LogP contribution < -0.4 is 5.63 Å². The van der Waals surface area contributed by atoms with Gasteiger partial charge in [-0.1, -0.05) is 0 Å². The molecule has 0 radical (unpaired) electrons. The Bertz CT molecular complexity index is 609. The molecule has 0 saturated carbocycles. The number of rotatable bonds is 6. The summed E-state index contributed by atoms with van der Waals surface area (Å²) >= 11 is -1.58. The van der Waals surface area contributed by atoms with E-state index in [0.29, 0.717) is 22.6 Å². The third-order valence-corrected chi connectivity index (χ3v) is 4.37. The Morgan fingerprint density at radius 3 is 1.62 bits per heavy atom. The first-order chi connectivity index (χ1) is 10.1. The molecule has 0 saturated heterocycles. The van der Waals surface area contributed by atoms with Crippen LogP contribution in [-0.2, 0) is 24.1 Å². The molecule has 4 nitrogen and oxygen atoms in total. The SMILES string of the molecule is CC(=O)c1cccc([O][Zr][O]c2cccc(C(C)=O)c2)c1. The Morgan fingerprint density at radius 1 is 0.810 bits per heavy atom. The topological polar surface area (TPSA) is 52.6 Å². The third-order valence-electron chi connectivity index (χ3n) is 2.80. The van der Waals surface area contributed by atoms with Gasteiger partial charge in [0, 0.05) is 0 Å². The molecule has 21 heavy (non-hydrogen) atoms. The summed E-state index contributed by atoms with van der Waals surface area (Å²) in [6.45, 7) is 3.03. The van der Waals surface area contributed by atoms with Gasteiger partial charge in [-0.25, -0.2) is 0 Å². The van der Waals surface area contributed by atoms with Crippen molar-refractivity contribution in [1.82, 2.24) is 0 Å². The van der Waals surface area contributed by atoms with Gasteiger partial charge in [0.25, 0.3) is 0 Å². The first kappa shape index (κ1) is 15.6. The van der Waals surface area contributed by atoms with Crippen molar-refractivity contribution in [2.75, 3.05) is 0 Å². The average Bonchev–Trinajstić information content (AvgIpc) is 2.48. The Hall–Kier alpha value is -1.74. The van der Waals surface area contributed by atoms with Crippen LogP contribution in [0.25, 0.3) is 0 Å². The molecule has 0 aromatic heterocycles. The molecule has 0 heterocycles. The molecule has 0 bridgehead atoms. The minimum absolute atomic E-state index is 0.000859. The van der Waals surface area contributed by atoms with E-state index in [-0.39, 0.29) is 11.6 Å². The first-order valence-electron chi connectivity index (χ1n) is 6.37. The van der Waals surface area contributed by atoms with Crippen LogP contribution in [0.1, 0.15) is 34.6 Å². The summed E-state index contributed by atoms with van der Waals surface area (Å²) in [5.74, 6) is 1.27. The summed E-state index contributed by atoms with van der Waals surface area (Å²) in [6.07, 6.45) is 0. The van der Waals surface area contributed by atoms with Gasteiger partial charge in [-0.2, -0.15) is 0 Å². The zero-order valence-corrected chi connectivity index (χ0v) is 14.2. The van der Waals surface area contributed by atoms with E-state index < -0.39 is 24.1 Å². The van der Waals surface area contributed by atoms with E-state index in [9.17, 15) is 9.59 Å². The van der Waals surface area contributed by atoms with E-state index in [4.69, 9.17) is 5.63 Å². The van der Waals surface area contributed by atoms with E-state index in [1.54, 1.807) is 48.5 Å². The van der Waals surface area contributed by atoms with Gasteiger partial charge in [0.1, 0.15) is 0 Å². The van der Waals surface area contributed by atoms with Crippen LogP contribution in [0, 0.1) is 0 Å². The maximum absolute atomic E-state index is 11.3. The van der Waals surface area contributed by atoms with E-state index in [0.717, 1.165) is 0 Å². The van der Waals surface area contributed by atoms with Crippen LogP contribution in [-0.4, -0.2) is 11.6 Å². The van der Waals surface area contributed by atoms with Crippen molar-refractivity contribution in [3.63, 3.8) is 0 Å². The van der Waals surface area contributed by atoms with Gasteiger partial charge in [0.15, 0.2) is 0 Å². The monoisotopic (exact) mass is 360 g/mol. The number of ketones is 2. The number of Topliss-reactive ketones (excluding diaryl/α,β-unsaturated/α-hetero) is 2. The summed E-state index contributed by atoms with van der Waals surface area (Å²) in [6, 6.07) is 14.1. The molecule has 0 unspecified atom stereocenters. The standard InChI is InChI=1S/2C8H8O2.Zr/c2*1-6(9)7-3-2-4-8(10)5-7;/h2*2-5,10H,1H3;/q;;+2/p-2. The van der Waals surface area contributed by atoms with Gasteiger partial charge in [0.05, 0.1) is 0 Å². The molecule has 5 heteroatoms. The van der Waals surface area contributed by atoms with Gasteiger partial charge in [-0.3, -0.25) is 0 Å². The second kappa shape index (κ2) is 7.32. The predicted molar refractivity (Wildman–Crippen MR) is 74.1 cm³/mol. The molecule has 0 aliphatic rings. The van der Waals surface area contributed by atoms with Crippen molar-refractivity contribution in [2.24, 2.45) is 0 Å². The molecule has 2 rings (SSSR count). The fourth-order valence-electron chi connectivity index (χ4n) is 1.67. The second-order valence-corrected chi connectivity index (χ2v) is 5.87. The van der Waals surface area contributed by atoms with Crippen LogP contribution >= 0.6 is 0 Å². The zero-order chi connectivity index (χ0) is 15.2. The second-order valence-electron chi connectivity index (χ2n) is 4.46. The summed E-state index contributed by atoms with van der Waals surface area (Å²) in [5.41, 5.74) is 1.23. The summed E-state index contributed by atoms with van der Waals surface area (Å²) in [5, 5.41) is 0. The van der Waals surface area contributed by atoms with Gasteiger partial charge >= 0.3 is 136 Å². The van der Waals surface area contributed by atoms with Gasteiger partial charge in [0.2, 0.25) is 0 Å². The molecule has 0 atom stereocenters. The summed E-state index contributed by atoms with van der Waals surface area (Å²) in [7, 11) is 0. The quantitative estimate of drug-likeness (QED) is 0.740. The minimum atomic E-state index is -1.58. The van der Waals surface area contributed by atoms with Crippen molar-refractivity contribution in [3.8, 4) is 11.5 Å². The van der Waals surface area contributed by atoms with Crippen LogP contribution in [0.4, 0.5) is 0 Å². The fraction of sp³-hybridized carbons (Fsp3) is 0.125. The van der Waals surface area contributed by atoms with Gasteiger partial charge in [-0.05, 0) is 0 Å². The van der Waals surface area contributed by atoms with Gasteiger partial charge < -0.3 is 0 Å². The van der Waals surface area contributed by atoms with E-state index >= 15 is 0 Å². The molecule has 2 aromatic carbocycles. The number of hydrogen-bond donors (Lipinski definition) is 0. The molecule has 0 N–H and O–H groups in total. The molecule has 0 fully saturated rings. The number of carbonyl (C=O) groups is 2. The van der Waals surface area contributed by atoms with E-state index in [1.807, 2.05) is 0 Å². The van der Waals surface area contributed by atoms with Crippen molar-refractivity contribution in [3.05, 3.63) is 59.7 Å². The fourth-order valence-corrected chi connectivity index (χ4v) is 2.87. The first-order valence-corrected chi connectivity index (χ1v) is 8.37. The van der Waals surface area contributed by atoms with Crippen LogP contribution in [0.15, 0.2) is 48.5 Å². The molecule has 0 amide bonds. The van der Waals surface area contributed by atoms with Crippen LogP contribution in [0.5, 0.6) is 11.5 Å². The molecule has 0 spiro atoms. The van der Waals surface area contributed by atoms with E-state index in [1.165, 1.54) is 13.8 Å². The third kappa shape index (κ3) is 4.64. The predicted octanol–water partition coefficient (Wildman–Crippen LogP) is 3.46. The Balaban J connectivity index is 1.95. The normalized spacial score (nSPS) is 9.81. The maximum atomic E-state index is 11.3. The molecule has 0 aliphatic heterocycles.